The van der Waals surface area contributed by atoms with E-state index >= 15 is 0 Å². The summed E-state index contributed by atoms with van der Waals surface area (Å²) in [5.41, 5.74) is 8.14. The summed E-state index contributed by atoms with van der Waals surface area (Å²) in [4.78, 5) is 24.2. The lowest BCUT2D eigenvalue weighted by atomic mass is 10.1. The summed E-state index contributed by atoms with van der Waals surface area (Å²) in [6, 6.07) is 14.6. The molecule has 3 aromatic heterocycles. The first-order valence-electron chi connectivity index (χ1n) is 10.9. The molecule has 5 N–H and O–H groups in total. The topological polar surface area (TPSA) is 153 Å². The minimum atomic E-state index is -0.573. The fourth-order valence-corrected chi connectivity index (χ4v) is 3.37. The van der Waals surface area contributed by atoms with Crippen molar-refractivity contribution >= 4 is 23.5 Å². The van der Waals surface area contributed by atoms with Gasteiger partial charge < -0.3 is 25.8 Å². The van der Waals surface area contributed by atoms with Gasteiger partial charge in [-0.1, -0.05) is 6.07 Å². The van der Waals surface area contributed by atoms with Crippen molar-refractivity contribution < 1.29 is 14.3 Å². The van der Waals surface area contributed by atoms with Crippen LogP contribution in [0.4, 0.5) is 17.6 Å². The molecule has 0 aliphatic carbocycles. The van der Waals surface area contributed by atoms with Gasteiger partial charge >= 0.3 is 0 Å². The Hall–Kier alpha value is -4.67. The molecule has 0 aliphatic rings. The molecule has 3 heterocycles. The summed E-state index contributed by atoms with van der Waals surface area (Å²) < 4.78 is 10.7. The Labute approximate surface area is 202 Å². The van der Waals surface area contributed by atoms with Crippen LogP contribution >= 0.6 is 0 Å². The van der Waals surface area contributed by atoms with Gasteiger partial charge in [0.2, 0.25) is 5.95 Å². The zero-order valence-corrected chi connectivity index (χ0v) is 19.4. The number of benzene rings is 1. The molecule has 0 bridgehead atoms. The number of primary amides is 1. The molecule has 180 valence electrons. The van der Waals surface area contributed by atoms with Crippen LogP contribution in [0.25, 0.3) is 0 Å². The molecular formula is C24H26N8O3. The van der Waals surface area contributed by atoms with Gasteiger partial charge in [0, 0.05) is 18.3 Å². The number of H-pyrrole nitrogens is 1. The van der Waals surface area contributed by atoms with Gasteiger partial charge in [-0.3, -0.25) is 9.89 Å². The van der Waals surface area contributed by atoms with E-state index < -0.39 is 5.91 Å². The molecule has 1 aromatic carbocycles. The van der Waals surface area contributed by atoms with Gasteiger partial charge in [0.05, 0.1) is 32.2 Å². The van der Waals surface area contributed by atoms with Crippen molar-refractivity contribution in [2.45, 2.75) is 19.4 Å². The van der Waals surface area contributed by atoms with Crippen molar-refractivity contribution in [3.05, 3.63) is 77.4 Å². The number of aromatic amines is 1. The zero-order chi connectivity index (χ0) is 24.6. The van der Waals surface area contributed by atoms with Gasteiger partial charge in [0.25, 0.3) is 5.91 Å². The number of hydrogen-bond donors (Lipinski definition) is 4. The van der Waals surface area contributed by atoms with Crippen LogP contribution in [0.3, 0.4) is 0 Å². The van der Waals surface area contributed by atoms with Crippen molar-refractivity contribution in [1.82, 2.24) is 25.1 Å². The van der Waals surface area contributed by atoms with Crippen LogP contribution in [-0.2, 0) is 19.4 Å². The number of aryl methyl sites for hydroxylation is 2. The molecule has 0 saturated heterocycles. The molecular weight excluding hydrogens is 448 g/mol. The maximum Gasteiger partial charge on any atom is 0.267 e. The number of rotatable bonds is 11. The Morgan fingerprint density at radius 3 is 2.54 bits per heavy atom. The first kappa shape index (κ1) is 23.5. The highest BCUT2D eigenvalue weighted by Gasteiger charge is 2.08. The number of nitrogens with zero attached hydrogens (tertiary/aromatic N) is 4. The van der Waals surface area contributed by atoms with Crippen molar-refractivity contribution in [2.75, 3.05) is 24.9 Å². The summed E-state index contributed by atoms with van der Waals surface area (Å²) in [6.45, 7) is 0.341. The number of anilines is 3. The second kappa shape index (κ2) is 11.0. The molecule has 0 fully saturated rings. The van der Waals surface area contributed by atoms with Gasteiger partial charge in [-0.15, -0.1) is 0 Å². The number of pyridine rings is 1. The lowest BCUT2D eigenvalue weighted by Crippen LogP contribution is -2.14. The number of ether oxygens (including phenoxy) is 2. The smallest absolute Gasteiger partial charge is 0.267 e. The number of amides is 1. The van der Waals surface area contributed by atoms with E-state index in [-0.39, 0.29) is 5.69 Å². The van der Waals surface area contributed by atoms with Crippen LogP contribution < -0.4 is 25.8 Å². The third-order valence-electron chi connectivity index (χ3n) is 5.12. The monoisotopic (exact) mass is 474 g/mol. The molecule has 35 heavy (non-hydrogen) atoms. The quantitative estimate of drug-likeness (QED) is 0.257. The first-order chi connectivity index (χ1) is 17.0. The van der Waals surface area contributed by atoms with Crippen LogP contribution in [0.5, 0.6) is 11.5 Å². The molecule has 0 radical (unpaired) electrons. The van der Waals surface area contributed by atoms with Crippen LogP contribution in [0.15, 0.2) is 54.7 Å². The number of nitrogens with two attached hydrogens (primary N) is 1. The summed E-state index contributed by atoms with van der Waals surface area (Å²) >= 11 is 0. The van der Waals surface area contributed by atoms with E-state index in [0.717, 1.165) is 35.6 Å². The minimum absolute atomic E-state index is 0.209. The molecule has 11 nitrogen and oxygen atoms in total. The SMILES string of the molecule is COc1cc(CCc2cc(Nc3ccnc(NCc4cccc(C(N)=O)n4)n3)[nH]n2)cc(OC)c1. The largest absolute Gasteiger partial charge is 0.497 e. The van der Waals surface area contributed by atoms with E-state index in [4.69, 9.17) is 15.2 Å². The van der Waals surface area contributed by atoms with Gasteiger partial charge in [-0.05, 0) is 48.7 Å². The molecule has 0 unspecified atom stereocenters. The van der Waals surface area contributed by atoms with Crippen LogP contribution in [0, 0.1) is 0 Å². The maximum absolute atomic E-state index is 11.3. The van der Waals surface area contributed by atoms with E-state index in [2.05, 4.69) is 35.8 Å². The lowest BCUT2D eigenvalue weighted by molar-refractivity contribution is 0.0995. The van der Waals surface area contributed by atoms with Gasteiger partial charge in [0.1, 0.15) is 28.8 Å². The number of methoxy groups -OCH3 is 2. The van der Waals surface area contributed by atoms with E-state index in [1.54, 1.807) is 44.7 Å². The average Bonchev–Trinajstić information content (AvgIpc) is 3.33. The number of carbonyl (C=O) groups excluding carboxylic acids is 1. The third-order valence-corrected chi connectivity index (χ3v) is 5.12. The Bertz CT molecular complexity index is 1290. The second-order valence-electron chi connectivity index (χ2n) is 7.62. The van der Waals surface area contributed by atoms with Crippen molar-refractivity contribution in [2.24, 2.45) is 5.73 Å². The molecule has 11 heteroatoms. The summed E-state index contributed by atoms with van der Waals surface area (Å²) in [6.07, 6.45) is 3.16. The molecule has 1 amide bonds. The lowest BCUT2D eigenvalue weighted by Gasteiger charge is -2.08. The number of carbonyl (C=O) groups is 1. The molecule has 0 saturated carbocycles. The normalized spacial score (nSPS) is 10.6. The number of hydrogen-bond acceptors (Lipinski definition) is 9. The standard InChI is InChI=1S/C24H26N8O3/c1-34-18-10-15(11-19(13-18)35-2)6-7-16-12-22(32-31-16)29-21-8-9-26-24(30-21)27-14-17-4-3-5-20(28-17)23(25)33/h3-5,8-13H,6-7,14H2,1-2H3,(H2,25,33)(H3,26,27,29,30,31,32). The summed E-state index contributed by atoms with van der Waals surface area (Å²) in [5.74, 6) is 2.66. The Morgan fingerprint density at radius 1 is 1.00 bits per heavy atom. The predicted molar refractivity (Wildman–Crippen MR) is 131 cm³/mol. The van der Waals surface area contributed by atoms with E-state index in [1.807, 2.05) is 24.3 Å². The molecule has 0 aliphatic heterocycles. The van der Waals surface area contributed by atoms with Crippen molar-refractivity contribution in [1.29, 1.82) is 0 Å². The van der Waals surface area contributed by atoms with Crippen molar-refractivity contribution in [3.8, 4) is 11.5 Å². The number of nitrogens with one attached hydrogen (secondary N) is 3. The molecule has 0 atom stereocenters. The second-order valence-corrected chi connectivity index (χ2v) is 7.62. The maximum atomic E-state index is 11.3. The average molecular weight is 475 g/mol. The fraction of sp³-hybridized carbons (Fsp3) is 0.208. The highest BCUT2D eigenvalue weighted by molar-refractivity contribution is 5.90. The van der Waals surface area contributed by atoms with E-state index in [1.165, 1.54) is 0 Å². The van der Waals surface area contributed by atoms with Crippen LogP contribution in [-0.4, -0.2) is 45.3 Å². The van der Waals surface area contributed by atoms with E-state index in [0.29, 0.717) is 29.8 Å². The summed E-state index contributed by atoms with van der Waals surface area (Å²) in [7, 11) is 3.27. The van der Waals surface area contributed by atoms with Crippen LogP contribution in [0.1, 0.15) is 27.4 Å². The Morgan fingerprint density at radius 2 is 1.80 bits per heavy atom. The van der Waals surface area contributed by atoms with Crippen molar-refractivity contribution in [3.63, 3.8) is 0 Å². The fourth-order valence-electron chi connectivity index (χ4n) is 3.37. The first-order valence-corrected chi connectivity index (χ1v) is 10.9. The highest BCUT2D eigenvalue weighted by Crippen LogP contribution is 2.23. The Balaban J connectivity index is 1.34. The zero-order valence-electron chi connectivity index (χ0n) is 19.4. The third kappa shape index (κ3) is 6.44. The minimum Gasteiger partial charge on any atom is -0.497 e. The van der Waals surface area contributed by atoms with Crippen LogP contribution in [0.2, 0.25) is 0 Å². The molecule has 0 spiro atoms. The molecule has 4 aromatic rings. The van der Waals surface area contributed by atoms with Gasteiger partial charge in [-0.25, -0.2) is 9.97 Å². The number of aromatic nitrogens is 5. The molecule has 4 rings (SSSR count). The Kier molecular flexibility index (Phi) is 7.36. The van der Waals surface area contributed by atoms with E-state index in [9.17, 15) is 4.79 Å². The highest BCUT2D eigenvalue weighted by atomic mass is 16.5. The summed E-state index contributed by atoms with van der Waals surface area (Å²) in [5, 5.41) is 13.7. The van der Waals surface area contributed by atoms with Gasteiger partial charge in [0.15, 0.2) is 0 Å². The predicted octanol–water partition coefficient (Wildman–Crippen LogP) is 2.85. The van der Waals surface area contributed by atoms with Gasteiger partial charge in [-0.2, -0.15) is 10.1 Å².